The smallest absolute Gasteiger partial charge is 0.336 e. The van der Waals surface area contributed by atoms with Gasteiger partial charge in [-0.05, 0) is 112 Å². The number of ketones is 2. The fourth-order valence-corrected chi connectivity index (χ4v) is 12.3. The van der Waals surface area contributed by atoms with E-state index in [1.54, 1.807) is 57.2 Å². The summed E-state index contributed by atoms with van der Waals surface area (Å²) >= 11 is 0. The topological polar surface area (TPSA) is 462 Å². The number of unbranched alkanes of at least 4 members (excludes halogenated alkanes) is 1. The molecule has 102 heavy (non-hydrogen) atoms. The number of carboxylic acid groups (broad SMARTS) is 4. The van der Waals surface area contributed by atoms with Gasteiger partial charge < -0.3 is 82.9 Å². The van der Waals surface area contributed by atoms with Gasteiger partial charge in [0.1, 0.15) is 35.5 Å². The number of carbonyl (C=O) groups excluding carboxylic acids is 9. The third kappa shape index (κ3) is 20.7. The number of primary amides is 1. The lowest BCUT2D eigenvalue weighted by atomic mass is 9.90. The Morgan fingerprint density at radius 2 is 1.26 bits per heavy atom. The van der Waals surface area contributed by atoms with E-state index in [2.05, 4.69) is 47.4 Å². The highest BCUT2D eigenvalue weighted by Gasteiger charge is 2.40. The zero-order valence-corrected chi connectivity index (χ0v) is 56.5. The third-order valence-corrected chi connectivity index (χ3v) is 17.6. The maximum Gasteiger partial charge on any atom is 0.336 e. The maximum atomic E-state index is 14.6. The van der Waals surface area contributed by atoms with Crippen molar-refractivity contribution in [3.05, 3.63) is 131 Å². The first-order valence-electron chi connectivity index (χ1n) is 33.4. The van der Waals surface area contributed by atoms with Gasteiger partial charge >= 0.3 is 42.0 Å². The number of nitrogens with two attached hydrogens (primary N) is 1. The molecule has 0 spiro atoms. The highest BCUT2D eigenvalue weighted by atomic mass is 16.4. The molecule has 30 heteroatoms. The fraction of sp³-hybridized carbons (Fsp3) is 0.389. The number of aliphatic carboxylic acids is 3. The Labute approximate surface area is 585 Å². The summed E-state index contributed by atoms with van der Waals surface area (Å²) in [6.07, 6.45) is 1.34. The zero-order chi connectivity index (χ0) is 73.9. The molecule has 0 saturated heterocycles. The number of carboxylic acids is 4. The van der Waals surface area contributed by atoms with Crippen molar-refractivity contribution >= 4 is 111 Å². The molecule has 4 aliphatic rings. The summed E-state index contributed by atoms with van der Waals surface area (Å²) in [5.41, 5.74) is 6.97. The molecule has 5 atom stereocenters. The number of amides is 10. The third-order valence-electron chi connectivity index (χ3n) is 17.6. The van der Waals surface area contributed by atoms with E-state index in [9.17, 15) is 87.5 Å². The molecule has 1 saturated carbocycles. The molecule has 540 valence electrons. The van der Waals surface area contributed by atoms with Crippen LogP contribution in [0.15, 0.2) is 118 Å². The van der Waals surface area contributed by atoms with Crippen LogP contribution in [0.1, 0.15) is 131 Å². The predicted molar refractivity (Wildman–Crippen MR) is 374 cm³/mol. The molecule has 2 aliphatic heterocycles. The van der Waals surface area contributed by atoms with E-state index in [1.165, 1.54) is 65.6 Å². The Morgan fingerprint density at radius 1 is 0.618 bits per heavy atom. The van der Waals surface area contributed by atoms with Gasteiger partial charge in [0.15, 0.2) is 17.0 Å². The quantitative estimate of drug-likeness (QED) is 0.0114. The molecule has 4 aromatic carbocycles. The molecule has 0 bridgehead atoms. The minimum absolute atomic E-state index is 0.0427. The number of rotatable bonds is 32. The van der Waals surface area contributed by atoms with Crippen molar-refractivity contribution in [2.24, 2.45) is 17.1 Å². The molecular formula is C72H83N11O19. The van der Waals surface area contributed by atoms with Crippen molar-refractivity contribution in [1.82, 2.24) is 31.9 Å². The summed E-state index contributed by atoms with van der Waals surface area (Å²) in [5.74, 6) is -12.0. The molecule has 10 amide bonds. The molecule has 8 rings (SSSR count). The number of benzene rings is 5. The molecule has 0 aromatic heterocycles. The van der Waals surface area contributed by atoms with Crippen LogP contribution in [-0.4, -0.2) is 154 Å². The van der Waals surface area contributed by atoms with E-state index in [1.807, 2.05) is 12.1 Å². The highest BCUT2D eigenvalue weighted by molar-refractivity contribution is 6.10. The zero-order valence-electron chi connectivity index (χ0n) is 56.5. The van der Waals surface area contributed by atoms with E-state index >= 15 is 0 Å². The number of carbonyl (C=O) groups is 13. The molecule has 2 aliphatic carbocycles. The normalized spacial score (nSPS) is 15.0. The Kier molecular flexibility index (Phi) is 26.0. The number of anilines is 4. The Hall–Kier alpha value is -11.7. The molecule has 14 N–H and O–H groups in total. The average Bonchev–Trinajstić information content (AvgIpc) is 0.796. The van der Waals surface area contributed by atoms with Crippen molar-refractivity contribution in [2.75, 3.05) is 46.6 Å². The first-order valence-corrected chi connectivity index (χ1v) is 33.4. The summed E-state index contributed by atoms with van der Waals surface area (Å²) < 4.78 is 5.95. The number of aromatic carboxylic acids is 1. The molecule has 3 unspecified atom stereocenters. The fourth-order valence-electron chi connectivity index (χ4n) is 12.3. The van der Waals surface area contributed by atoms with Crippen LogP contribution in [0.4, 0.5) is 37.1 Å². The van der Waals surface area contributed by atoms with E-state index in [0.717, 1.165) is 37.8 Å². The van der Waals surface area contributed by atoms with Crippen LogP contribution in [-0.2, 0) is 38.4 Å². The summed E-state index contributed by atoms with van der Waals surface area (Å²) in [6.45, 7) is 4.89. The van der Waals surface area contributed by atoms with Gasteiger partial charge in [-0.2, -0.15) is 0 Å². The van der Waals surface area contributed by atoms with Gasteiger partial charge in [0.2, 0.25) is 17.7 Å². The minimum atomic E-state index is -1.97. The first-order chi connectivity index (χ1) is 48.5. The molecule has 0 radical (unpaired) electrons. The Morgan fingerprint density at radius 3 is 1.96 bits per heavy atom. The lowest BCUT2D eigenvalue weighted by Crippen LogP contribution is -2.56. The number of Topliss-reactive ketones (excluding diaryl/α,β-unsaturated/α-hetero) is 2. The second kappa shape index (κ2) is 34.9. The van der Waals surface area contributed by atoms with Crippen LogP contribution in [0.2, 0.25) is 0 Å². The molecular weight excluding hydrogens is 1320 g/mol. The van der Waals surface area contributed by atoms with Crippen molar-refractivity contribution in [3.8, 4) is 22.5 Å². The summed E-state index contributed by atoms with van der Waals surface area (Å²) in [6, 6.07) is 19.2. The van der Waals surface area contributed by atoms with Crippen molar-refractivity contribution in [3.63, 3.8) is 0 Å². The van der Waals surface area contributed by atoms with Gasteiger partial charge in [-0.1, -0.05) is 88.6 Å². The van der Waals surface area contributed by atoms with Gasteiger partial charge in [-0.3, -0.25) is 43.2 Å². The average molecular weight is 1410 g/mol. The predicted octanol–water partition coefficient (Wildman–Crippen LogP) is 7.06. The van der Waals surface area contributed by atoms with Crippen LogP contribution in [0.5, 0.6) is 0 Å². The second-order valence-electron chi connectivity index (χ2n) is 26.1. The summed E-state index contributed by atoms with van der Waals surface area (Å²) in [5, 5.41) is 60.5. The van der Waals surface area contributed by atoms with Gasteiger partial charge in [0, 0.05) is 89.4 Å². The van der Waals surface area contributed by atoms with Gasteiger partial charge in [-0.15, -0.1) is 0 Å². The van der Waals surface area contributed by atoms with Crippen LogP contribution >= 0.6 is 0 Å². The lowest BCUT2D eigenvalue weighted by Gasteiger charge is -2.37. The van der Waals surface area contributed by atoms with Crippen molar-refractivity contribution in [2.45, 2.75) is 141 Å². The van der Waals surface area contributed by atoms with Crippen LogP contribution < -0.4 is 63.5 Å². The van der Waals surface area contributed by atoms with Gasteiger partial charge in [-0.25, -0.2) is 24.0 Å². The van der Waals surface area contributed by atoms with Gasteiger partial charge in [0.25, 0.3) is 5.91 Å². The number of hydrogen-bond acceptors (Lipinski definition) is 16. The van der Waals surface area contributed by atoms with Gasteiger partial charge in [0.05, 0.1) is 29.9 Å². The number of para-hydroxylation sites is 3. The maximum absolute atomic E-state index is 14.6. The molecule has 30 nitrogen and oxygen atoms in total. The summed E-state index contributed by atoms with van der Waals surface area (Å²) in [4.78, 5) is 188. The second-order valence-corrected chi connectivity index (χ2v) is 26.1. The molecule has 1 fully saturated rings. The van der Waals surface area contributed by atoms with Crippen LogP contribution in [0, 0.1) is 11.3 Å². The standard InChI is InChI=1S/C72H83N11O19/c1-72(2,3)59(86)39-83-55-23-9-8-22-54(55)82(44-17-5-4-6-18-44)38-53(66(83)94)81-71(101)77-42-16-13-15-40(33-42)56(85)34-41(25-30-60(87)88)63(91)78-50(21-14-32-74-69(73)99)64(92)80-52(37-61(89)90)65(93)79-51(68(97)98)20-11-12-31-75-70(100)76-43-26-28-46(49(35-43)67(95)96)62-47-19-7-10-24-57(47)102-58-36-45(84)27-29-48(58)62/h7-10,13,15-16,19,22-24,26-29,33,35-36,41,44,50-53H,4-6,11-12,14,17-18,20-21,25,30-32,34,37-39H2,1-3H3,(H,78,91)(H,79,93)(H,80,92)(H,87,88)(H,89,90)(H,95,96)(H,97,98)(H3,73,74,99)(H2,75,76,100)(H2,77,81,101)/t41?,50?,51-,52?,53+/m0/s1. The summed E-state index contributed by atoms with van der Waals surface area (Å²) in [7, 11) is 0. The first kappa shape index (κ1) is 76.0. The molecule has 2 heterocycles. The number of hydrogen-bond donors (Lipinski definition) is 13. The van der Waals surface area contributed by atoms with Crippen LogP contribution in [0.3, 0.4) is 0 Å². The highest BCUT2D eigenvalue weighted by Crippen LogP contribution is 2.42. The largest absolute Gasteiger partial charge is 0.481 e. The number of fused-ring (bicyclic) bond motifs is 3. The van der Waals surface area contributed by atoms with Crippen molar-refractivity contribution in [1.29, 1.82) is 0 Å². The number of urea groups is 3. The van der Waals surface area contributed by atoms with E-state index < -0.39 is 133 Å². The number of nitrogens with one attached hydrogen (secondary N) is 8. The Balaban J connectivity index is 0.886. The van der Waals surface area contributed by atoms with Crippen LogP contribution in [0.25, 0.3) is 33.4 Å². The van der Waals surface area contributed by atoms with Crippen molar-refractivity contribution < 1.29 is 87.2 Å². The van der Waals surface area contributed by atoms with E-state index in [0.29, 0.717) is 27.8 Å². The SMILES string of the molecule is CC(C)(C)C(=O)CN1C(=O)[C@H](NC(=O)Nc2cccc(C(=O)CC(CCC(=O)O)C(=O)NC(CCCNC(N)=O)C(=O)NC(CC(=O)O)C(=O)N[C@@H](CCCCNC(=O)Nc3ccc(-c4c5ccc(=O)cc-5oc5ccccc45)c(C(=O)O)c3)C(=O)O)c2)CN(C2CCCCC2)c2ccccc21. The molecule has 4 aromatic rings. The Bertz CT molecular complexity index is 4200. The van der Waals surface area contributed by atoms with E-state index in [-0.39, 0.29) is 109 Å². The lowest BCUT2D eigenvalue weighted by molar-refractivity contribution is -0.144. The number of nitrogens with zero attached hydrogens (tertiary/aromatic N) is 2. The monoisotopic (exact) mass is 1410 g/mol. The van der Waals surface area contributed by atoms with E-state index in [4.69, 9.17) is 10.2 Å². The minimum Gasteiger partial charge on any atom is -0.481 e.